The summed E-state index contributed by atoms with van der Waals surface area (Å²) in [5, 5.41) is 3.39. The van der Waals surface area contributed by atoms with E-state index in [1.165, 1.54) is 5.56 Å². The Morgan fingerprint density at radius 1 is 1.00 bits per heavy atom. The summed E-state index contributed by atoms with van der Waals surface area (Å²) in [4.78, 5) is 21.2. The van der Waals surface area contributed by atoms with Crippen molar-refractivity contribution in [2.75, 3.05) is 38.0 Å². The van der Waals surface area contributed by atoms with Crippen molar-refractivity contribution in [2.24, 2.45) is 0 Å². The molecule has 2 aromatic carbocycles. The second-order valence-electron chi connectivity index (χ2n) is 7.75. The second-order valence-corrected chi connectivity index (χ2v) is 8.16. The summed E-state index contributed by atoms with van der Waals surface area (Å²) in [6.45, 7) is 4.51. The van der Waals surface area contributed by atoms with Crippen LogP contribution in [0.1, 0.15) is 11.3 Å². The van der Waals surface area contributed by atoms with E-state index in [2.05, 4.69) is 39.5 Å². The van der Waals surface area contributed by atoms with Gasteiger partial charge in [0, 0.05) is 44.6 Å². The van der Waals surface area contributed by atoms with Gasteiger partial charge in [0.1, 0.15) is 12.4 Å². The fraction of sp³-hybridized carbons (Fsp3) is 0.280. The third-order valence-electron chi connectivity index (χ3n) is 5.50. The second kappa shape index (κ2) is 11.0. The summed E-state index contributed by atoms with van der Waals surface area (Å²) in [7, 11) is 0. The van der Waals surface area contributed by atoms with Crippen molar-refractivity contribution in [1.82, 2.24) is 14.8 Å². The molecule has 0 atom stereocenters. The van der Waals surface area contributed by atoms with Gasteiger partial charge in [0.2, 0.25) is 0 Å². The van der Waals surface area contributed by atoms with Crippen molar-refractivity contribution < 1.29 is 9.53 Å². The number of hydrogen-bond acceptors (Lipinski definition) is 4. The first kappa shape index (κ1) is 22.1. The number of urea groups is 1. The molecule has 0 saturated carbocycles. The molecule has 7 heteroatoms. The number of carbonyl (C=O) groups excluding carboxylic acids is 1. The van der Waals surface area contributed by atoms with Crippen LogP contribution in [0.2, 0.25) is 5.02 Å². The Kier molecular flexibility index (Phi) is 7.59. The van der Waals surface area contributed by atoms with E-state index >= 15 is 0 Å². The average molecular weight is 451 g/mol. The number of hydrogen-bond donors (Lipinski definition) is 1. The Morgan fingerprint density at radius 3 is 2.50 bits per heavy atom. The molecule has 2 amide bonds. The number of nitrogens with zero attached hydrogens (tertiary/aromatic N) is 3. The zero-order chi connectivity index (χ0) is 22.2. The van der Waals surface area contributed by atoms with Crippen LogP contribution in [0, 0.1) is 0 Å². The Bertz CT molecular complexity index is 1010. The molecule has 0 radical (unpaired) electrons. The van der Waals surface area contributed by atoms with E-state index < -0.39 is 0 Å². The number of nitrogens with one attached hydrogen (secondary N) is 1. The van der Waals surface area contributed by atoms with E-state index in [-0.39, 0.29) is 6.03 Å². The summed E-state index contributed by atoms with van der Waals surface area (Å²) < 4.78 is 5.74. The van der Waals surface area contributed by atoms with Gasteiger partial charge in [0.25, 0.3) is 0 Å². The van der Waals surface area contributed by atoms with E-state index in [9.17, 15) is 4.79 Å². The molecule has 3 aromatic rings. The van der Waals surface area contributed by atoms with Crippen LogP contribution in [0.3, 0.4) is 0 Å². The van der Waals surface area contributed by atoms with Crippen LogP contribution >= 0.6 is 11.6 Å². The van der Waals surface area contributed by atoms with Gasteiger partial charge in [0.15, 0.2) is 0 Å². The maximum atomic E-state index is 12.7. The maximum absolute atomic E-state index is 12.7. The lowest BCUT2D eigenvalue weighted by Crippen LogP contribution is -2.50. The molecule has 6 nitrogen and oxygen atoms in total. The fourth-order valence-electron chi connectivity index (χ4n) is 3.64. The zero-order valence-corrected chi connectivity index (χ0v) is 18.7. The monoisotopic (exact) mass is 450 g/mol. The van der Waals surface area contributed by atoms with E-state index in [0.717, 1.165) is 31.7 Å². The van der Waals surface area contributed by atoms with Crippen molar-refractivity contribution in [3.05, 3.63) is 89.2 Å². The maximum Gasteiger partial charge on any atom is 0.321 e. The molecular weight excluding hydrogens is 424 g/mol. The van der Waals surface area contributed by atoms with Gasteiger partial charge >= 0.3 is 6.03 Å². The lowest BCUT2D eigenvalue weighted by Gasteiger charge is -2.34. The molecular formula is C25H27ClN4O2. The van der Waals surface area contributed by atoms with Gasteiger partial charge < -0.3 is 15.0 Å². The molecule has 0 unspecified atom stereocenters. The molecule has 0 bridgehead atoms. The van der Waals surface area contributed by atoms with E-state index in [1.54, 1.807) is 24.4 Å². The van der Waals surface area contributed by atoms with Crippen LogP contribution in [-0.2, 0) is 13.0 Å². The van der Waals surface area contributed by atoms with Crippen molar-refractivity contribution in [3.63, 3.8) is 0 Å². The van der Waals surface area contributed by atoms with Crippen molar-refractivity contribution in [1.29, 1.82) is 0 Å². The minimum Gasteiger partial charge on any atom is -0.486 e. The molecule has 1 N–H and O–H groups in total. The Hall–Kier alpha value is -3.09. The van der Waals surface area contributed by atoms with Crippen LogP contribution in [0.15, 0.2) is 72.9 Å². The first-order valence-electron chi connectivity index (χ1n) is 10.8. The molecule has 1 aliphatic heterocycles. The molecule has 1 aromatic heterocycles. The number of anilines is 1. The summed E-state index contributed by atoms with van der Waals surface area (Å²) in [6, 6.07) is 21.3. The zero-order valence-electron chi connectivity index (χ0n) is 17.9. The van der Waals surface area contributed by atoms with Crippen LogP contribution in [0.25, 0.3) is 0 Å². The molecule has 1 saturated heterocycles. The molecule has 4 rings (SSSR count). The first-order chi connectivity index (χ1) is 15.7. The first-order valence-corrected chi connectivity index (χ1v) is 11.2. The van der Waals surface area contributed by atoms with Crippen LogP contribution in [0.4, 0.5) is 10.5 Å². The van der Waals surface area contributed by atoms with E-state index in [0.29, 0.717) is 36.2 Å². The number of benzene rings is 2. The number of halogens is 1. The number of ether oxygens (including phenoxy) is 1. The molecule has 0 spiro atoms. The van der Waals surface area contributed by atoms with Crippen LogP contribution in [0.5, 0.6) is 5.75 Å². The Labute approximate surface area is 193 Å². The smallest absolute Gasteiger partial charge is 0.321 e. The number of carbonyl (C=O) groups is 1. The number of rotatable bonds is 7. The minimum atomic E-state index is -0.106. The normalized spacial score (nSPS) is 14.2. The van der Waals surface area contributed by atoms with Gasteiger partial charge in [-0.1, -0.05) is 48.0 Å². The highest BCUT2D eigenvalue weighted by molar-refractivity contribution is 6.32. The molecule has 2 heterocycles. The highest BCUT2D eigenvalue weighted by Crippen LogP contribution is 2.28. The Balaban J connectivity index is 1.23. The SMILES string of the molecule is O=C(Nc1ccc(OCc2ccccn2)c(Cl)c1)N1CCN(CCc2ccccc2)CC1. The number of amides is 2. The Morgan fingerprint density at radius 2 is 1.78 bits per heavy atom. The number of pyridine rings is 1. The summed E-state index contributed by atoms with van der Waals surface area (Å²) in [5.41, 5.74) is 2.82. The van der Waals surface area contributed by atoms with Gasteiger partial charge in [0.05, 0.1) is 10.7 Å². The third-order valence-corrected chi connectivity index (χ3v) is 5.80. The van der Waals surface area contributed by atoms with Crippen molar-refractivity contribution in [2.45, 2.75) is 13.0 Å². The largest absolute Gasteiger partial charge is 0.486 e. The fourth-order valence-corrected chi connectivity index (χ4v) is 3.87. The van der Waals surface area contributed by atoms with Crippen molar-refractivity contribution >= 4 is 23.3 Å². The average Bonchev–Trinajstić information content (AvgIpc) is 2.84. The minimum absolute atomic E-state index is 0.106. The van der Waals surface area contributed by atoms with Crippen molar-refractivity contribution in [3.8, 4) is 5.75 Å². The van der Waals surface area contributed by atoms with Gasteiger partial charge in [-0.2, -0.15) is 0 Å². The third kappa shape index (κ3) is 6.22. The molecule has 1 fully saturated rings. The molecule has 32 heavy (non-hydrogen) atoms. The molecule has 1 aliphatic rings. The van der Waals surface area contributed by atoms with Crippen LogP contribution < -0.4 is 10.1 Å². The van der Waals surface area contributed by atoms with Gasteiger partial charge in [-0.15, -0.1) is 0 Å². The highest BCUT2D eigenvalue weighted by Gasteiger charge is 2.21. The standard InChI is InChI=1S/C25H27ClN4O2/c26-23-18-21(9-10-24(23)32-19-22-8-4-5-12-27-22)28-25(31)30-16-14-29(15-17-30)13-11-20-6-2-1-3-7-20/h1-10,12,18H,11,13-17,19H2,(H,28,31). The highest BCUT2D eigenvalue weighted by atomic mass is 35.5. The van der Waals surface area contributed by atoms with E-state index in [4.69, 9.17) is 16.3 Å². The quantitative estimate of drug-likeness (QED) is 0.566. The van der Waals surface area contributed by atoms with Gasteiger partial charge in [-0.25, -0.2) is 4.79 Å². The predicted octanol–water partition coefficient (Wildman–Crippen LogP) is 4.71. The van der Waals surface area contributed by atoms with E-state index in [1.807, 2.05) is 29.2 Å². The van der Waals surface area contributed by atoms with Crippen LogP contribution in [-0.4, -0.2) is 53.5 Å². The molecule has 0 aliphatic carbocycles. The lowest BCUT2D eigenvalue weighted by atomic mass is 10.1. The predicted molar refractivity (Wildman–Crippen MR) is 127 cm³/mol. The number of piperazine rings is 1. The summed E-state index contributed by atoms with van der Waals surface area (Å²) in [6.07, 6.45) is 2.75. The molecule has 166 valence electrons. The van der Waals surface area contributed by atoms with Gasteiger partial charge in [-0.05, 0) is 42.3 Å². The summed E-state index contributed by atoms with van der Waals surface area (Å²) in [5.74, 6) is 0.558. The lowest BCUT2D eigenvalue weighted by molar-refractivity contribution is 0.148. The topological polar surface area (TPSA) is 57.7 Å². The summed E-state index contributed by atoms with van der Waals surface area (Å²) >= 11 is 6.35. The van der Waals surface area contributed by atoms with Gasteiger partial charge in [-0.3, -0.25) is 9.88 Å². The number of aromatic nitrogens is 1.